The van der Waals surface area contributed by atoms with Gasteiger partial charge in [0.1, 0.15) is 0 Å². The van der Waals surface area contributed by atoms with Crippen molar-refractivity contribution in [2.45, 2.75) is 110 Å². The number of rotatable bonds is 20. The van der Waals surface area contributed by atoms with Crippen LogP contribution in [0.15, 0.2) is 60.3 Å². The number of benzene rings is 1. The molecule has 3 nitrogen and oxygen atoms in total. The lowest BCUT2D eigenvalue weighted by atomic mass is 9.76. The van der Waals surface area contributed by atoms with Gasteiger partial charge >= 0.3 is 7.12 Å². The maximum Gasteiger partial charge on any atom is 0.488 e. The molecular weight excluding hydrogens is 429 g/mol. The molecule has 2 N–H and O–H groups in total. The Bertz CT molecular complexity index is 756. The maximum absolute atomic E-state index is 9.62. The molecule has 0 saturated carbocycles. The monoisotopic (exact) mass is 479 g/mol. The van der Waals surface area contributed by atoms with Crippen molar-refractivity contribution in [2.75, 3.05) is 13.1 Å². The van der Waals surface area contributed by atoms with Crippen LogP contribution in [0, 0.1) is 0 Å². The van der Waals surface area contributed by atoms with Gasteiger partial charge in [0.05, 0.1) is 0 Å². The molecule has 0 unspecified atom stereocenters. The van der Waals surface area contributed by atoms with Gasteiger partial charge in [-0.1, -0.05) is 113 Å². The summed E-state index contributed by atoms with van der Waals surface area (Å²) in [6.45, 7) is 4.38. The number of unbranched alkanes of at least 4 members (excludes halogenated alkanes) is 12. The van der Waals surface area contributed by atoms with E-state index in [4.69, 9.17) is 0 Å². The first-order valence-corrected chi connectivity index (χ1v) is 14.4. The molecule has 0 atom stereocenters. The van der Waals surface area contributed by atoms with Crippen LogP contribution in [0.3, 0.4) is 0 Å². The molecule has 2 rings (SSSR count). The summed E-state index contributed by atoms with van der Waals surface area (Å²) >= 11 is 0. The Hall–Kier alpha value is -1.78. The number of nitrogens with zero attached hydrogens (tertiary/aromatic N) is 1. The van der Waals surface area contributed by atoms with Crippen molar-refractivity contribution in [1.29, 1.82) is 0 Å². The lowest BCUT2D eigenvalue weighted by Gasteiger charge is -2.28. The van der Waals surface area contributed by atoms with Gasteiger partial charge in [-0.25, -0.2) is 0 Å². The Kier molecular flexibility index (Phi) is 16.3. The first-order chi connectivity index (χ1) is 17.2. The molecule has 0 aromatic heterocycles. The van der Waals surface area contributed by atoms with E-state index in [1.807, 2.05) is 18.2 Å². The van der Waals surface area contributed by atoms with Crippen LogP contribution in [-0.2, 0) is 6.42 Å². The summed E-state index contributed by atoms with van der Waals surface area (Å²) in [5.74, 6) is 0. The fourth-order valence-electron chi connectivity index (χ4n) is 4.89. The normalized spacial score (nSPS) is 13.6. The second kappa shape index (κ2) is 19.4. The van der Waals surface area contributed by atoms with E-state index >= 15 is 0 Å². The lowest BCUT2D eigenvalue weighted by molar-refractivity contribution is 0.348. The van der Waals surface area contributed by atoms with Gasteiger partial charge in [-0.15, -0.1) is 0 Å². The number of hydrogen-bond acceptors (Lipinski definition) is 3. The minimum Gasteiger partial charge on any atom is -0.423 e. The summed E-state index contributed by atoms with van der Waals surface area (Å²) < 4.78 is 0. The van der Waals surface area contributed by atoms with Gasteiger partial charge in [-0.05, 0) is 62.0 Å². The zero-order valence-electron chi connectivity index (χ0n) is 22.3. The summed E-state index contributed by atoms with van der Waals surface area (Å²) in [4.78, 5) is 2.49. The molecule has 1 aliphatic rings. The fourth-order valence-corrected chi connectivity index (χ4v) is 4.89. The van der Waals surface area contributed by atoms with E-state index in [-0.39, 0.29) is 0 Å². The van der Waals surface area contributed by atoms with Crippen LogP contribution in [0.4, 0.5) is 0 Å². The van der Waals surface area contributed by atoms with Gasteiger partial charge < -0.3 is 14.9 Å². The Morgan fingerprint density at radius 3 is 2.11 bits per heavy atom. The molecule has 4 heteroatoms. The van der Waals surface area contributed by atoms with Crippen LogP contribution in [-0.4, -0.2) is 35.2 Å². The third kappa shape index (κ3) is 13.2. The van der Waals surface area contributed by atoms with Gasteiger partial charge in [0.15, 0.2) is 0 Å². The zero-order valence-corrected chi connectivity index (χ0v) is 22.3. The van der Waals surface area contributed by atoms with Crippen LogP contribution < -0.4 is 5.46 Å². The first-order valence-electron chi connectivity index (χ1n) is 14.4. The molecular formula is C31H50BNO2. The number of allylic oxidation sites excluding steroid dienone is 5. The van der Waals surface area contributed by atoms with Crippen LogP contribution in [0.2, 0.25) is 0 Å². The fraction of sp³-hybridized carbons (Fsp3) is 0.613. The van der Waals surface area contributed by atoms with Gasteiger partial charge in [0.2, 0.25) is 0 Å². The topological polar surface area (TPSA) is 43.7 Å². The van der Waals surface area contributed by atoms with Crippen molar-refractivity contribution in [3.63, 3.8) is 0 Å². The molecule has 0 aliphatic carbocycles. The van der Waals surface area contributed by atoms with Crippen molar-refractivity contribution in [2.24, 2.45) is 0 Å². The highest BCUT2D eigenvalue weighted by molar-refractivity contribution is 6.59. The van der Waals surface area contributed by atoms with E-state index in [1.165, 1.54) is 95.6 Å². The lowest BCUT2D eigenvalue weighted by Crippen LogP contribution is -2.33. The quantitative estimate of drug-likeness (QED) is 0.119. The minimum atomic E-state index is -1.40. The van der Waals surface area contributed by atoms with E-state index in [0.717, 1.165) is 31.5 Å². The maximum atomic E-state index is 9.62. The molecule has 194 valence electrons. The Morgan fingerprint density at radius 1 is 0.800 bits per heavy atom. The average molecular weight is 480 g/mol. The SMILES string of the molecule is CCCCCCCC/C=C\CCCCCCCCN1CC=CC=C1CCc1ccccc1B(O)O. The standard InChI is InChI=1S/C31H50BNO2/c1-2-3-4-5-6-7-8-9-10-11-12-13-14-15-16-20-27-33-28-21-19-23-30(33)26-25-29-22-17-18-24-31(29)32(34)35/h9-10,17-19,21-24,34-35H,2-8,11-16,20,25-28H2,1H3/b10-9-. The molecule has 0 amide bonds. The molecule has 1 aromatic rings. The van der Waals surface area contributed by atoms with Gasteiger partial charge in [0, 0.05) is 18.8 Å². The molecule has 0 spiro atoms. The van der Waals surface area contributed by atoms with Crippen molar-refractivity contribution in [3.05, 3.63) is 65.9 Å². The zero-order chi connectivity index (χ0) is 25.0. The third-order valence-electron chi connectivity index (χ3n) is 7.08. The smallest absolute Gasteiger partial charge is 0.423 e. The van der Waals surface area contributed by atoms with Gasteiger partial charge in [-0.2, -0.15) is 0 Å². The molecule has 35 heavy (non-hydrogen) atoms. The predicted molar refractivity (Wildman–Crippen MR) is 153 cm³/mol. The van der Waals surface area contributed by atoms with Crippen molar-refractivity contribution < 1.29 is 10.0 Å². The Labute approximate surface area is 216 Å². The van der Waals surface area contributed by atoms with Crippen LogP contribution in [0.25, 0.3) is 0 Å². The highest BCUT2D eigenvalue weighted by atomic mass is 16.4. The van der Waals surface area contributed by atoms with Crippen molar-refractivity contribution in [1.82, 2.24) is 4.90 Å². The molecule has 1 heterocycles. The first kappa shape index (κ1) is 29.5. The van der Waals surface area contributed by atoms with E-state index in [2.05, 4.69) is 42.2 Å². The van der Waals surface area contributed by atoms with E-state index in [0.29, 0.717) is 5.46 Å². The van der Waals surface area contributed by atoms with Crippen LogP contribution in [0.5, 0.6) is 0 Å². The molecule has 1 aliphatic heterocycles. The minimum absolute atomic E-state index is 0.624. The summed E-state index contributed by atoms with van der Waals surface area (Å²) in [7, 11) is -1.40. The van der Waals surface area contributed by atoms with Crippen LogP contribution >= 0.6 is 0 Å². The Morgan fingerprint density at radius 2 is 1.43 bits per heavy atom. The number of hydrogen-bond donors (Lipinski definition) is 2. The van der Waals surface area contributed by atoms with Gasteiger partial charge in [0.25, 0.3) is 0 Å². The highest BCUT2D eigenvalue weighted by Crippen LogP contribution is 2.18. The summed E-state index contributed by atoms with van der Waals surface area (Å²) in [6, 6.07) is 7.64. The molecule has 0 saturated heterocycles. The van der Waals surface area contributed by atoms with E-state index < -0.39 is 7.12 Å². The molecule has 0 radical (unpaired) electrons. The highest BCUT2D eigenvalue weighted by Gasteiger charge is 2.16. The molecule has 1 aromatic carbocycles. The number of aryl methyl sites for hydroxylation is 1. The predicted octanol–water partition coefficient (Wildman–Crippen LogP) is 7.09. The van der Waals surface area contributed by atoms with Crippen LogP contribution in [0.1, 0.15) is 109 Å². The summed E-state index contributed by atoms with van der Waals surface area (Å²) in [5, 5.41) is 19.2. The second-order valence-corrected chi connectivity index (χ2v) is 10.0. The van der Waals surface area contributed by atoms with E-state index in [1.54, 1.807) is 6.07 Å². The second-order valence-electron chi connectivity index (χ2n) is 10.0. The molecule has 0 bridgehead atoms. The Balaban J connectivity index is 1.50. The third-order valence-corrected chi connectivity index (χ3v) is 7.08. The van der Waals surface area contributed by atoms with E-state index in [9.17, 15) is 10.0 Å². The molecule has 0 fully saturated rings. The average Bonchev–Trinajstić information content (AvgIpc) is 2.88. The summed E-state index contributed by atoms with van der Waals surface area (Å²) in [5.41, 5.74) is 3.01. The van der Waals surface area contributed by atoms with Crippen molar-refractivity contribution in [3.8, 4) is 0 Å². The largest absolute Gasteiger partial charge is 0.488 e. The van der Waals surface area contributed by atoms with Crippen molar-refractivity contribution >= 4 is 12.6 Å². The summed E-state index contributed by atoms with van der Waals surface area (Å²) in [6.07, 6.45) is 32.0. The van der Waals surface area contributed by atoms with Gasteiger partial charge in [-0.3, -0.25) is 0 Å².